The second-order valence-corrected chi connectivity index (χ2v) is 4.46. The Morgan fingerprint density at radius 1 is 1.38 bits per heavy atom. The second kappa shape index (κ2) is 2.98. The molecule has 3 nitrogen and oxygen atoms in total. The summed E-state index contributed by atoms with van der Waals surface area (Å²) in [7, 11) is 1.94. The van der Waals surface area contributed by atoms with E-state index in [1.165, 1.54) is 0 Å². The third-order valence-corrected chi connectivity index (χ3v) is 3.49. The van der Waals surface area contributed by atoms with Crippen LogP contribution in [0.4, 0.5) is 0 Å². The number of fused-ring (bicyclic) bond motifs is 1. The van der Waals surface area contributed by atoms with Gasteiger partial charge in [0.15, 0.2) is 0 Å². The van der Waals surface area contributed by atoms with E-state index in [1.807, 2.05) is 11.9 Å². The number of carbonyl (C=O) groups is 1. The van der Waals surface area contributed by atoms with Gasteiger partial charge in [-0.2, -0.15) is 0 Å². The molecule has 2 fully saturated rings. The molecule has 2 rings (SSSR count). The van der Waals surface area contributed by atoms with Crippen LogP contribution in [-0.4, -0.2) is 47.4 Å². The van der Waals surface area contributed by atoms with E-state index in [0.717, 1.165) is 19.4 Å². The Hall–Kier alpha value is -0.570. The molecule has 0 unspecified atom stereocenters. The van der Waals surface area contributed by atoms with Gasteiger partial charge in [-0.05, 0) is 20.3 Å². The van der Waals surface area contributed by atoms with E-state index in [-0.39, 0.29) is 0 Å². The number of carbonyl (C=O) groups excluding carboxylic acids is 1. The Balaban J connectivity index is 2.13. The van der Waals surface area contributed by atoms with Crippen molar-refractivity contribution in [3.05, 3.63) is 0 Å². The molecule has 0 aromatic rings. The van der Waals surface area contributed by atoms with Crippen LogP contribution in [0.3, 0.4) is 0 Å². The maximum absolute atomic E-state index is 11.5. The molecule has 0 bridgehead atoms. The quantitative estimate of drug-likeness (QED) is 0.596. The molecule has 2 heterocycles. The van der Waals surface area contributed by atoms with Gasteiger partial charge < -0.3 is 4.90 Å². The third kappa shape index (κ3) is 1.26. The van der Waals surface area contributed by atoms with Gasteiger partial charge in [-0.1, -0.05) is 0 Å². The molecule has 0 saturated carbocycles. The van der Waals surface area contributed by atoms with Gasteiger partial charge in [0.05, 0.1) is 0 Å². The number of amides is 1. The first kappa shape index (κ1) is 9.00. The molecular formula is C10H18N2O. The first-order valence-electron chi connectivity index (χ1n) is 5.12. The topological polar surface area (TPSA) is 23.6 Å². The van der Waals surface area contributed by atoms with Gasteiger partial charge in [-0.3, -0.25) is 9.69 Å². The molecule has 74 valence electrons. The van der Waals surface area contributed by atoms with Crippen molar-refractivity contribution in [1.29, 1.82) is 0 Å². The number of likely N-dealkylation sites (N-methyl/N-ethyl adjacent to an activating group) is 1. The van der Waals surface area contributed by atoms with E-state index >= 15 is 0 Å². The first-order chi connectivity index (χ1) is 6.11. The highest BCUT2D eigenvalue weighted by Gasteiger charge is 2.45. The number of nitrogens with zero attached hydrogens (tertiary/aromatic N) is 2. The van der Waals surface area contributed by atoms with Crippen LogP contribution in [0, 0.1) is 0 Å². The summed E-state index contributed by atoms with van der Waals surface area (Å²) in [6.07, 6.45) is 1.89. The van der Waals surface area contributed by atoms with Gasteiger partial charge in [0.1, 0.15) is 0 Å². The van der Waals surface area contributed by atoms with Crippen LogP contribution >= 0.6 is 0 Å². The number of likely N-dealkylation sites (tertiary alicyclic amines) is 2. The highest BCUT2D eigenvalue weighted by molar-refractivity contribution is 5.79. The van der Waals surface area contributed by atoms with E-state index in [4.69, 9.17) is 0 Å². The Morgan fingerprint density at radius 3 is 2.69 bits per heavy atom. The van der Waals surface area contributed by atoms with Gasteiger partial charge in [-0.15, -0.1) is 0 Å². The molecule has 2 saturated heterocycles. The molecule has 13 heavy (non-hydrogen) atoms. The van der Waals surface area contributed by atoms with E-state index in [2.05, 4.69) is 18.7 Å². The van der Waals surface area contributed by atoms with Crippen LogP contribution in [0.25, 0.3) is 0 Å². The summed E-state index contributed by atoms with van der Waals surface area (Å²) >= 11 is 0. The summed E-state index contributed by atoms with van der Waals surface area (Å²) in [5.41, 5.74) is 0. The third-order valence-electron chi connectivity index (χ3n) is 3.49. The van der Waals surface area contributed by atoms with E-state index < -0.39 is 0 Å². The van der Waals surface area contributed by atoms with Crippen molar-refractivity contribution in [2.24, 2.45) is 0 Å². The van der Waals surface area contributed by atoms with Crippen LogP contribution < -0.4 is 0 Å². The zero-order chi connectivity index (χ0) is 9.59. The largest absolute Gasteiger partial charge is 0.341 e. The van der Waals surface area contributed by atoms with Crippen LogP contribution in [0.1, 0.15) is 26.7 Å². The van der Waals surface area contributed by atoms with Crippen LogP contribution in [0.2, 0.25) is 0 Å². The lowest BCUT2D eigenvalue weighted by Crippen LogP contribution is -2.38. The van der Waals surface area contributed by atoms with Crippen molar-refractivity contribution >= 4 is 5.91 Å². The summed E-state index contributed by atoms with van der Waals surface area (Å²) in [6, 6.07) is 1.57. The van der Waals surface area contributed by atoms with Crippen LogP contribution in [-0.2, 0) is 4.79 Å². The van der Waals surface area contributed by atoms with Crippen molar-refractivity contribution in [3.8, 4) is 0 Å². The zero-order valence-electron chi connectivity index (χ0n) is 8.66. The Kier molecular flexibility index (Phi) is 2.06. The minimum Gasteiger partial charge on any atom is -0.341 e. The number of rotatable bonds is 1. The fraction of sp³-hybridized carbons (Fsp3) is 0.900. The highest BCUT2D eigenvalue weighted by atomic mass is 16.2. The van der Waals surface area contributed by atoms with Crippen molar-refractivity contribution in [2.75, 3.05) is 13.6 Å². The SMILES string of the molecule is CC(C)N1CC[C@@H]2[C@H]1CC(=O)N2C. The molecule has 0 aliphatic carbocycles. The van der Waals surface area contributed by atoms with Crippen molar-refractivity contribution < 1.29 is 4.79 Å². The predicted molar refractivity (Wildman–Crippen MR) is 51.4 cm³/mol. The average Bonchev–Trinajstić information content (AvgIpc) is 2.55. The number of hydrogen-bond donors (Lipinski definition) is 0. The molecule has 2 aliphatic heterocycles. The van der Waals surface area contributed by atoms with Gasteiger partial charge in [0.2, 0.25) is 5.91 Å². The first-order valence-corrected chi connectivity index (χ1v) is 5.12. The molecule has 0 aromatic carbocycles. The second-order valence-electron chi connectivity index (χ2n) is 4.46. The number of hydrogen-bond acceptors (Lipinski definition) is 2. The van der Waals surface area contributed by atoms with Crippen LogP contribution in [0.5, 0.6) is 0 Å². The molecule has 0 N–H and O–H groups in total. The fourth-order valence-electron chi connectivity index (χ4n) is 2.71. The van der Waals surface area contributed by atoms with Crippen LogP contribution in [0.15, 0.2) is 0 Å². The Morgan fingerprint density at radius 2 is 2.08 bits per heavy atom. The summed E-state index contributed by atoms with van der Waals surface area (Å²) in [4.78, 5) is 15.9. The minimum atomic E-state index is 0.320. The van der Waals surface area contributed by atoms with E-state index in [9.17, 15) is 4.79 Å². The smallest absolute Gasteiger partial charge is 0.224 e. The fourth-order valence-corrected chi connectivity index (χ4v) is 2.71. The maximum Gasteiger partial charge on any atom is 0.224 e. The highest BCUT2D eigenvalue weighted by Crippen LogP contribution is 2.32. The molecule has 0 radical (unpaired) electrons. The maximum atomic E-state index is 11.5. The zero-order valence-corrected chi connectivity index (χ0v) is 8.66. The Labute approximate surface area is 79.7 Å². The molecule has 2 atom stereocenters. The molecule has 2 aliphatic rings. The minimum absolute atomic E-state index is 0.320. The van der Waals surface area contributed by atoms with Gasteiger partial charge in [0, 0.05) is 38.1 Å². The monoisotopic (exact) mass is 182 g/mol. The lowest BCUT2D eigenvalue weighted by Gasteiger charge is -2.26. The summed E-state index contributed by atoms with van der Waals surface area (Å²) in [5, 5.41) is 0. The average molecular weight is 182 g/mol. The van der Waals surface area contributed by atoms with Crippen molar-refractivity contribution in [1.82, 2.24) is 9.80 Å². The van der Waals surface area contributed by atoms with E-state index in [0.29, 0.717) is 24.0 Å². The van der Waals surface area contributed by atoms with Gasteiger partial charge in [0.25, 0.3) is 0 Å². The summed E-state index contributed by atoms with van der Waals surface area (Å²) in [6.45, 7) is 5.58. The molecular weight excluding hydrogens is 164 g/mol. The lowest BCUT2D eigenvalue weighted by molar-refractivity contribution is -0.127. The van der Waals surface area contributed by atoms with Gasteiger partial charge in [-0.25, -0.2) is 0 Å². The molecule has 0 spiro atoms. The normalized spacial score (nSPS) is 34.8. The lowest BCUT2D eigenvalue weighted by atomic mass is 10.1. The molecule has 1 amide bonds. The van der Waals surface area contributed by atoms with Crippen molar-refractivity contribution in [2.45, 2.75) is 44.8 Å². The van der Waals surface area contributed by atoms with Crippen molar-refractivity contribution in [3.63, 3.8) is 0 Å². The summed E-state index contributed by atoms with van der Waals surface area (Å²) < 4.78 is 0. The standard InChI is InChI=1S/C10H18N2O/c1-7(2)12-5-4-8-9(12)6-10(13)11(8)3/h7-9H,4-6H2,1-3H3/t8-,9-/m1/s1. The molecule has 3 heteroatoms. The summed E-state index contributed by atoms with van der Waals surface area (Å²) in [5.74, 6) is 0.320. The molecule has 0 aromatic heterocycles. The van der Waals surface area contributed by atoms with Gasteiger partial charge >= 0.3 is 0 Å². The van der Waals surface area contributed by atoms with E-state index in [1.54, 1.807) is 0 Å². The Bertz CT molecular complexity index is 227. The predicted octanol–water partition coefficient (Wildman–Crippen LogP) is 0.700.